The van der Waals surface area contributed by atoms with Crippen molar-refractivity contribution in [2.24, 2.45) is 5.92 Å². The minimum Gasteiger partial charge on any atom is -0.348 e. The number of benzene rings is 2. The average Bonchev–Trinajstić information content (AvgIpc) is 2.80. The Bertz CT molecular complexity index is 1050. The topological polar surface area (TPSA) is 134 Å². The zero-order valence-electron chi connectivity index (χ0n) is 18.0. The Morgan fingerprint density at radius 2 is 1.73 bits per heavy atom. The van der Waals surface area contributed by atoms with E-state index in [2.05, 4.69) is 16.0 Å². The van der Waals surface area contributed by atoms with Crippen LogP contribution in [0, 0.1) is 28.8 Å². The van der Waals surface area contributed by atoms with Crippen LogP contribution in [0.1, 0.15) is 18.4 Å². The number of urea groups is 1. The highest BCUT2D eigenvalue weighted by Crippen LogP contribution is 2.25. The van der Waals surface area contributed by atoms with E-state index in [1.54, 1.807) is 17.9 Å². The third-order valence-electron chi connectivity index (χ3n) is 5.35. The summed E-state index contributed by atoms with van der Waals surface area (Å²) in [5, 5.41) is 18.7. The molecule has 0 atom stereocenters. The average molecular weight is 457 g/mol. The lowest BCUT2D eigenvalue weighted by molar-refractivity contribution is -0.384. The van der Waals surface area contributed by atoms with Gasteiger partial charge in [-0.15, -0.1) is 0 Å². The molecule has 0 aliphatic carbocycles. The highest BCUT2D eigenvalue weighted by Gasteiger charge is 2.25. The molecule has 1 saturated heterocycles. The number of halogens is 1. The molecule has 174 valence electrons. The van der Waals surface area contributed by atoms with E-state index >= 15 is 0 Å². The van der Waals surface area contributed by atoms with Gasteiger partial charge in [-0.3, -0.25) is 19.7 Å². The second-order valence-corrected chi connectivity index (χ2v) is 7.81. The summed E-state index contributed by atoms with van der Waals surface area (Å²) in [5.74, 6) is -2.19. The number of likely N-dealkylation sites (tertiary alicyclic amines) is 1. The molecule has 0 unspecified atom stereocenters. The molecule has 1 fully saturated rings. The minimum absolute atomic E-state index is 0.0498. The predicted molar refractivity (Wildman–Crippen MR) is 119 cm³/mol. The van der Waals surface area contributed by atoms with Crippen LogP contribution < -0.4 is 16.0 Å². The number of carbonyl (C=O) groups is 3. The highest BCUT2D eigenvalue weighted by atomic mass is 19.1. The summed E-state index contributed by atoms with van der Waals surface area (Å²) >= 11 is 0. The molecule has 3 rings (SSSR count). The van der Waals surface area contributed by atoms with Crippen LogP contribution in [0.15, 0.2) is 42.5 Å². The van der Waals surface area contributed by atoms with Gasteiger partial charge in [0.2, 0.25) is 0 Å². The second kappa shape index (κ2) is 10.5. The smallest absolute Gasteiger partial charge is 0.321 e. The summed E-state index contributed by atoms with van der Waals surface area (Å²) in [5.41, 5.74) is 0.811. The number of piperidine rings is 1. The number of aryl methyl sites for hydroxylation is 1. The highest BCUT2D eigenvalue weighted by molar-refractivity contribution is 6.39. The summed E-state index contributed by atoms with van der Waals surface area (Å²) < 4.78 is 13.0. The van der Waals surface area contributed by atoms with E-state index < -0.39 is 16.7 Å². The van der Waals surface area contributed by atoms with Crippen molar-refractivity contribution in [1.82, 2.24) is 10.2 Å². The molecule has 0 saturated carbocycles. The summed E-state index contributed by atoms with van der Waals surface area (Å²) in [6.45, 7) is 2.86. The number of hydrogen-bond donors (Lipinski definition) is 3. The van der Waals surface area contributed by atoms with Gasteiger partial charge in [-0.2, -0.15) is 0 Å². The summed E-state index contributed by atoms with van der Waals surface area (Å²) in [6.07, 6.45) is 1.25. The lowest BCUT2D eigenvalue weighted by Gasteiger charge is -2.32. The molecule has 0 aromatic heterocycles. The van der Waals surface area contributed by atoms with Gasteiger partial charge in [0.15, 0.2) is 0 Å². The molecule has 2 aromatic rings. The number of nitrogens with zero attached hydrogens (tertiary/aromatic N) is 2. The fourth-order valence-electron chi connectivity index (χ4n) is 3.47. The minimum atomic E-state index is -0.988. The van der Waals surface area contributed by atoms with Gasteiger partial charge in [-0.05, 0) is 61.6 Å². The number of rotatable bonds is 5. The van der Waals surface area contributed by atoms with Gasteiger partial charge in [0.05, 0.1) is 4.92 Å². The first-order valence-electron chi connectivity index (χ1n) is 10.4. The number of anilines is 2. The summed E-state index contributed by atoms with van der Waals surface area (Å²) in [6, 6.07) is 9.48. The van der Waals surface area contributed by atoms with Crippen molar-refractivity contribution in [1.29, 1.82) is 0 Å². The zero-order valence-corrected chi connectivity index (χ0v) is 18.0. The lowest BCUT2D eigenvalue weighted by atomic mass is 9.97. The van der Waals surface area contributed by atoms with Crippen LogP contribution in [0.3, 0.4) is 0 Å². The molecule has 0 radical (unpaired) electrons. The molecule has 0 bridgehead atoms. The van der Waals surface area contributed by atoms with Crippen molar-refractivity contribution in [2.45, 2.75) is 19.8 Å². The number of nitrogens with one attached hydrogen (secondary N) is 3. The van der Waals surface area contributed by atoms with Gasteiger partial charge in [0, 0.05) is 31.4 Å². The Morgan fingerprint density at radius 3 is 2.36 bits per heavy atom. The number of carbonyl (C=O) groups excluding carboxylic acids is 3. The molecule has 11 heteroatoms. The Balaban J connectivity index is 1.43. The molecular weight excluding hydrogens is 433 g/mol. The Morgan fingerprint density at radius 1 is 1.06 bits per heavy atom. The van der Waals surface area contributed by atoms with Gasteiger partial charge in [-0.25, -0.2) is 9.18 Å². The Kier molecular flexibility index (Phi) is 7.54. The van der Waals surface area contributed by atoms with E-state index in [9.17, 15) is 28.9 Å². The zero-order chi connectivity index (χ0) is 24.0. The Hall–Kier alpha value is -4.02. The second-order valence-electron chi connectivity index (χ2n) is 7.81. The molecule has 1 aliphatic heterocycles. The van der Waals surface area contributed by atoms with Crippen LogP contribution in [0.5, 0.6) is 0 Å². The van der Waals surface area contributed by atoms with Crippen molar-refractivity contribution < 1.29 is 23.7 Å². The SMILES string of the molecule is Cc1ccc(NC(=O)C(=O)NCC2CCN(C(=O)Nc3ccc(F)cc3)CC2)c([N+](=O)[O-])c1. The quantitative estimate of drug-likeness (QED) is 0.360. The number of nitro benzene ring substituents is 1. The monoisotopic (exact) mass is 457 g/mol. The maximum Gasteiger partial charge on any atom is 0.321 e. The molecular formula is C22H24FN5O5. The van der Waals surface area contributed by atoms with Gasteiger partial charge in [0.1, 0.15) is 11.5 Å². The number of hydrogen-bond acceptors (Lipinski definition) is 5. The molecule has 1 heterocycles. The molecule has 10 nitrogen and oxygen atoms in total. The van der Waals surface area contributed by atoms with Gasteiger partial charge in [-0.1, -0.05) is 6.07 Å². The van der Waals surface area contributed by atoms with E-state index in [-0.39, 0.29) is 35.7 Å². The van der Waals surface area contributed by atoms with Crippen LogP contribution in [-0.4, -0.2) is 47.3 Å². The fraction of sp³-hybridized carbons (Fsp3) is 0.318. The maximum absolute atomic E-state index is 13.0. The largest absolute Gasteiger partial charge is 0.348 e. The van der Waals surface area contributed by atoms with Crippen LogP contribution >= 0.6 is 0 Å². The standard InChI is InChI=1S/C22H24FN5O5/c1-14-2-7-18(19(12-14)28(32)33)26-21(30)20(29)24-13-15-8-10-27(11-9-15)22(31)25-17-5-3-16(23)4-6-17/h2-7,12,15H,8-11,13H2,1H3,(H,24,29)(H,25,31)(H,26,30). The van der Waals surface area contributed by atoms with E-state index in [4.69, 9.17) is 0 Å². The molecule has 0 spiro atoms. The molecule has 33 heavy (non-hydrogen) atoms. The van der Waals surface area contributed by atoms with Crippen molar-refractivity contribution >= 4 is 34.9 Å². The van der Waals surface area contributed by atoms with E-state index in [0.29, 0.717) is 37.2 Å². The van der Waals surface area contributed by atoms with Crippen molar-refractivity contribution in [3.8, 4) is 0 Å². The summed E-state index contributed by atoms with van der Waals surface area (Å²) in [7, 11) is 0. The third-order valence-corrected chi connectivity index (χ3v) is 5.35. The van der Waals surface area contributed by atoms with Gasteiger partial charge >= 0.3 is 17.8 Å². The van der Waals surface area contributed by atoms with E-state index in [1.165, 1.54) is 36.4 Å². The predicted octanol–water partition coefficient (Wildman–Crippen LogP) is 3.04. The molecule has 4 amide bonds. The normalized spacial score (nSPS) is 13.8. The number of nitro groups is 1. The van der Waals surface area contributed by atoms with Crippen LogP contribution in [0.2, 0.25) is 0 Å². The third kappa shape index (κ3) is 6.48. The lowest BCUT2D eigenvalue weighted by Crippen LogP contribution is -2.44. The van der Waals surface area contributed by atoms with Crippen molar-refractivity contribution in [2.75, 3.05) is 30.3 Å². The molecule has 1 aliphatic rings. The van der Waals surface area contributed by atoms with Crippen molar-refractivity contribution in [3.05, 3.63) is 64.0 Å². The Labute approximate surface area is 189 Å². The van der Waals surface area contributed by atoms with Crippen molar-refractivity contribution in [3.63, 3.8) is 0 Å². The van der Waals surface area contributed by atoms with Crippen LogP contribution in [0.4, 0.5) is 26.2 Å². The first-order valence-corrected chi connectivity index (χ1v) is 10.4. The number of amides is 4. The van der Waals surface area contributed by atoms with Crippen LogP contribution in [-0.2, 0) is 9.59 Å². The molecule has 3 N–H and O–H groups in total. The molecule has 2 aromatic carbocycles. The van der Waals surface area contributed by atoms with E-state index in [1.807, 2.05) is 0 Å². The first kappa shape index (κ1) is 23.6. The van der Waals surface area contributed by atoms with Gasteiger partial charge in [0.25, 0.3) is 5.69 Å². The summed E-state index contributed by atoms with van der Waals surface area (Å²) in [4.78, 5) is 48.8. The van der Waals surface area contributed by atoms with Gasteiger partial charge < -0.3 is 20.9 Å². The maximum atomic E-state index is 13.0. The first-order chi connectivity index (χ1) is 15.7. The van der Waals surface area contributed by atoms with Crippen LogP contribution in [0.25, 0.3) is 0 Å². The fourth-order valence-corrected chi connectivity index (χ4v) is 3.47. The van der Waals surface area contributed by atoms with E-state index in [0.717, 1.165) is 0 Å².